The van der Waals surface area contributed by atoms with E-state index in [0.29, 0.717) is 12.1 Å². The average molecular weight is 362 g/mol. The number of carboxylic acid groups (broad SMARTS) is 1. The topological polar surface area (TPSA) is 43.8 Å². The molecule has 1 atom stereocenters. The maximum absolute atomic E-state index is 13.6. The van der Waals surface area contributed by atoms with Gasteiger partial charge in [0.1, 0.15) is 12.0 Å². The van der Waals surface area contributed by atoms with Gasteiger partial charge in [0.2, 0.25) is 0 Å². The molecule has 0 radical (unpaired) electrons. The molecule has 1 aromatic rings. The Bertz CT molecular complexity index is 728. The number of hydrogen-bond donors (Lipinski definition) is 1. The fourth-order valence-electron chi connectivity index (χ4n) is 3.29. The lowest BCUT2D eigenvalue weighted by Crippen LogP contribution is -2.53. The van der Waals surface area contributed by atoms with Crippen LogP contribution in [0.25, 0.3) is 0 Å². The van der Waals surface area contributed by atoms with E-state index < -0.39 is 5.97 Å². The molecular weight excluding hydrogens is 339 g/mol. The number of benzene rings is 1. The molecule has 1 saturated heterocycles. The second-order valence-electron chi connectivity index (χ2n) is 6.33. The summed E-state index contributed by atoms with van der Waals surface area (Å²) in [6, 6.07) is 6.53. The fraction of sp³-hybridized carbons (Fsp3) is 0.421. The zero-order valence-electron chi connectivity index (χ0n) is 14.5. The summed E-state index contributed by atoms with van der Waals surface area (Å²) in [6.45, 7) is 6.37. The third-order valence-electron chi connectivity index (χ3n) is 4.59. The summed E-state index contributed by atoms with van der Waals surface area (Å²) < 4.78 is 13.6. The zero-order valence-corrected chi connectivity index (χ0v) is 15.4. The van der Waals surface area contributed by atoms with Gasteiger partial charge >= 0.3 is 5.97 Å². The van der Waals surface area contributed by atoms with Gasteiger partial charge in [-0.2, -0.15) is 0 Å². The summed E-state index contributed by atoms with van der Waals surface area (Å²) in [5.41, 5.74) is 2.01. The van der Waals surface area contributed by atoms with E-state index in [2.05, 4.69) is 9.80 Å². The molecule has 1 unspecified atom stereocenters. The molecule has 2 aliphatic rings. The van der Waals surface area contributed by atoms with Crippen molar-refractivity contribution in [1.29, 1.82) is 0 Å². The summed E-state index contributed by atoms with van der Waals surface area (Å²) >= 11 is 1.54. The van der Waals surface area contributed by atoms with Crippen molar-refractivity contribution in [2.45, 2.75) is 33.0 Å². The first kappa shape index (κ1) is 18.0. The van der Waals surface area contributed by atoms with E-state index in [9.17, 15) is 14.3 Å². The molecule has 0 aliphatic carbocycles. The van der Waals surface area contributed by atoms with Gasteiger partial charge < -0.3 is 10.0 Å². The number of carbonyl (C=O) groups is 1. The normalized spacial score (nSPS) is 21.2. The van der Waals surface area contributed by atoms with Gasteiger partial charge in [0.25, 0.3) is 0 Å². The summed E-state index contributed by atoms with van der Waals surface area (Å²) in [6.07, 6.45) is 3.21. The summed E-state index contributed by atoms with van der Waals surface area (Å²) in [7, 11) is 0. The van der Waals surface area contributed by atoms with Crippen LogP contribution in [-0.4, -0.2) is 45.9 Å². The van der Waals surface area contributed by atoms with E-state index in [-0.39, 0.29) is 12.0 Å². The van der Waals surface area contributed by atoms with Gasteiger partial charge in [0.05, 0.1) is 10.6 Å². The van der Waals surface area contributed by atoms with E-state index in [0.717, 1.165) is 41.4 Å². The van der Waals surface area contributed by atoms with Crippen molar-refractivity contribution in [1.82, 2.24) is 9.80 Å². The van der Waals surface area contributed by atoms with E-state index >= 15 is 0 Å². The zero-order chi connectivity index (χ0) is 18.0. The van der Waals surface area contributed by atoms with Crippen molar-refractivity contribution >= 4 is 17.7 Å². The monoisotopic (exact) mass is 362 g/mol. The smallest absolute Gasteiger partial charge is 0.338 e. The number of likely N-dealkylation sites (tertiary alicyclic amines) is 1. The lowest BCUT2D eigenvalue weighted by molar-refractivity contribution is -0.132. The second-order valence-corrected chi connectivity index (χ2v) is 7.58. The van der Waals surface area contributed by atoms with Crippen LogP contribution >= 0.6 is 11.8 Å². The molecule has 0 amide bonds. The summed E-state index contributed by atoms with van der Waals surface area (Å²) in [5.74, 6) is -0.393. The van der Waals surface area contributed by atoms with E-state index in [4.69, 9.17) is 0 Å². The number of rotatable bonds is 6. The Hall–Kier alpha value is -1.79. The van der Waals surface area contributed by atoms with E-state index in [1.54, 1.807) is 17.8 Å². The van der Waals surface area contributed by atoms with Crippen LogP contribution in [0.2, 0.25) is 0 Å². The highest BCUT2D eigenvalue weighted by Gasteiger charge is 2.35. The predicted octanol–water partition coefficient (Wildman–Crippen LogP) is 3.67. The molecule has 0 spiro atoms. The van der Waals surface area contributed by atoms with Gasteiger partial charge in [-0.1, -0.05) is 19.1 Å². The van der Waals surface area contributed by atoms with E-state index in [1.165, 1.54) is 12.1 Å². The van der Waals surface area contributed by atoms with Crippen molar-refractivity contribution in [3.63, 3.8) is 0 Å². The molecule has 134 valence electrons. The van der Waals surface area contributed by atoms with Crippen LogP contribution in [0.1, 0.15) is 25.8 Å². The molecule has 3 rings (SSSR count). The van der Waals surface area contributed by atoms with Gasteiger partial charge in [-0.15, -0.1) is 11.8 Å². The first-order chi connectivity index (χ1) is 12.0. The number of halogens is 1. The van der Waals surface area contributed by atoms with Gasteiger partial charge in [-0.05, 0) is 48.4 Å². The molecule has 1 N–H and O–H groups in total. The quantitative estimate of drug-likeness (QED) is 0.836. The first-order valence-corrected chi connectivity index (χ1v) is 9.54. The molecule has 0 bridgehead atoms. The summed E-state index contributed by atoms with van der Waals surface area (Å²) in [5, 5.41) is 10.5. The minimum atomic E-state index is -0.906. The number of hydrogen-bond acceptors (Lipinski definition) is 4. The minimum absolute atomic E-state index is 0.0224. The van der Waals surface area contributed by atoms with Gasteiger partial charge in [0, 0.05) is 19.6 Å². The SMILES string of the molecule is CCSC1=C(C(=O)O)C(C)=CC(N2CCC2)N1Cc1cccc(F)c1. The number of aliphatic carboxylic acids is 1. The minimum Gasteiger partial charge on any atom is -0.478 e. The Morgan fingerprint density at radius 1 is 1.40 bits per heavy atom. The van der Waals surface area contributed by atoms with Crippen LogP contribution in [0.3, 0.4) is 0 Å². The molecule has 0 saturated carbocycles. The lowest BCUT2D eigenvalue weighted by Gasteiger charge is -2.47. The largest absolute Gasteiger partial charge is 0.478 e. The fourth-order valence-corrected chi connectivity index (χ4v) is 4.29. The van der Waals surface area contributed by atoms with Crippen molar-refractivity contribution < 1.29 is 14.3 Å². The molecule has 0 aromatic heterocycles. The van der Waals surface area contributed by atoms with Gasteiger partial charge in [-0.3, -0.25) is 4.90 Å². The molecule has 25 heavy (non-hydrogen) atoms. The predicted molar refractivity (Wildman–Crippen MR) is 98.5 cm³/mol. The molecule has 1 fully saturated rings. The van der Waals surface area contributed by atoms with Crippen molar-refractivity contribution in [3.8, 4) is 0 Å². The Kier molecular flexibility index (Phi) is 5.49. The van der Waals surface area contributed by atoms with Crippen molar-refractivity contribution in [2.75, 3.05) is 18.8 Å². The Morgan fingerprint density at radius 2 is 2.16 bits per heavy atom. The summed E-state index contributed by atoms with van der Waals surface area (Å²) in [4.78, 5) is 16.3. The number of thioether (sulfide) groups is 1. The third kappa shape index (κ3) is 3.75. The first-order valence-electron chi connectivity index (χ1n) is 8.55. The van der Waals surface area contributed by atoms with Crippen molar-refractivity contribution in [3.05, 3.63) is 57.9 Å². The Morgan fingerprint density at radius 3 is 2.72 bits per heavy atom. The molecule has 4 nitrogen and oxygen atoms in total. The highest BCUT2D eigenvalue weighted by molar-refractivity contribution is 8.03. The number of carboxylic acids is 1. The average Bonchev–Trinajstić information content (AvgIpc) is 2.49. The molecule has 2 aliphatic heterocycles. The molecule has 2 heterocycles. The van der Waals surface area contributed by atoms with Gasteiger partial charge in [-0.25, -0.2) is 9.18 Å². The molecular formula is C19H23FN2O2S. The van der Waals surface area contributed by atoms with Gasteiger partial charge in [0.15, 0.2) is 0 Å². The van der Waals surface area contributed by atoms with Crippen LogP contribution in [-0.2, 0) is 11.3 Å². The highest BCUT2D eigenvalue weighted by atomic mass is 32.2. The second kappa shape index (κ2) is 7.62. The number of nitrogens with zero attached hydrogens (tertiary/aromatic N) is 2. The van der Waals surface area contributed by atoms with E-state index in [1.807, 2.05) is 26.0 Å². The van der Waals surface area contributed by atoms with Crippen LogP contribution in [0.4, 0.5) is 4.39 Å². The molecule has 6 heteroatoms. The van der Waals surface area contributed by atoms with Crippen LogP contribution in [0.15, 0.2) is 46.5 Å². The Labute approximate surface area is 152 Å². The maximum Gasteiger partial charge on any atom is 0.338 e. The molecule has 1 aromatic carbocycles. The van der Waals surface area contributed by atoms with Crippen molar-refractivity contribution in [2.24, 2.45) is 0 Å². The third-order valence-corrected chi connectivity index (χ3v) is 5.59. The maximum atomic E-state index is 13.6. The van der Waals surface area contributed by atoms with Crippen LogP contribution in [0, 0.1) is 5.82 Å². The Balaban J connectivity index is 2.01. The van der Waals surface area contributed by atoms with Crippen LogP contribution in [0.5, 0.6) is 0 Å². The lowest BCUT2D eigenvalue weighted by atomic mass is 10.0. The van der Waals surface area contributed by atoms with Crippen LogP contribution < -0.4 is 0 Å². The highest BCUT2D eigenvalue weighted by Crippen LogP contribution is 2.37. The standard InChI is InChI=1S/C19H23FN2O2S/c1-3-25-18-17(19(23)24)13(2)10-16(21-8-5-9-21)22(18)12-14-6-4-7-15(20)11-14/h4,6-7,10-11,16H,3,5,8-9,12H2,1-2H3,(H,23,24).